The number of carbonyl (C=O) groups is 2. The predicted octanol–water partition coefficient (Wildman–Crippen LogP) is 7.67. The molecule has 2 rings (SSSR count). The second-order valence-electron chi connectivity index (χ2n) is 9.16. The van der Waals surface area contributed by atoms with Crippen molar-refractivity contribution in [2.75, 3.05) is 20.8 Å². The third kappa shape index (κ3) is 18.0. The van der Waals surface area contributed by atoms with Gasteiger partial charge in [-0.15, -0.1) is 9.36 Å². The number of rotatable bonds is 16. The van der Waals surface area contributed by atoms with Gasteiger partial charge in [-0.25, -0.2) is 9.59 Å². The first-order valence-corrected chi connectivity index (χ1v) is 14.9. The summed E-state index contributed by atoms with van der Waals surface area (Å²) in [5.74, 6) is -0.771. The Kier molecular flexibility index (Phi) is 13.5. The molecule has 18 heteroatoms. The normalized spacial score (nSPS) is 12.6. The first-order chi connectivity index (χ1) is 19.4. The molecule has 0 spiro atoms. The monoisotopic (exact) mass is 632 g/mol. The summed E-state index contributed by atoms with van der Waals surface area (Å²) in [7, 11) is -6.26. The zero-order valence-electron chi connectivity index (χ0n) is 23.5. The van der Waals surface area contributed by atoms with Crippen molar-refractivity contribution in [3.8, 4) is 5.75 Å². The number of aryl methyl sites for hydroxylation is 2. The molecule has 0 aliphatic heterocycles. The summed E-state index contributed by atoms with van der Waals surface area (Å²) in [4.78, 5) is 26.7. The van der Waals surface area contributed by atoms with E-state index in [1.807, 2.05) is 17.9 Å². The van der Waals surface area contributed by atoms with Crippen molar-refractivity contribution in [3.63, 3.8) is 0 Å². The molecule has 0 N–H and O–H groups in total. The number of aromatic nitrogens is 3. The SMILES string of the molecule is COC(=O)c1cc(OCc2c[n+](CCCCCCCCCCN=[N+]=[N-])nn2C)cc(C(=O)OC)c1.F[P-](F)(F)(F)(F)F. The fourth-order valence-electron chi connectivity index (χ4n) is 3.62. The van der Waals surface area contributed by atoms with Gasteiger partial charge in [0.05, 0.1) is 30.6 Å². The van der Waals surface area contributed by atoms with E-state index in [2.05, 4.69) is 15.2 Å². The molecule has 0 saturated carbocycles. The summed E-state index contributed by atoms with van der Waals surface area (Å²) in [6.45, 7) is 1.64. The molecular formula is C24H35F6N6O5P. The van der Waals surface area contributed by atoms with Gasteiger partial charge in [0, 0.05) is 11.5 Å². The summed E-state index contributed by atoms with van der Waals surface area (Å²) in [5, 5.41) is 8.04. The van der Waals surface area contributed by atoms with Gasteiger partial charge in [-0.3, -0.25) is 0 Å². The van der Waals surface area contributed by atoms with Gasteiger partial charge < -0.3 is 14.2 Å². The van der Waals surface area contributed by atoms with E-state index in [-0.39, 0.29) is 17.7 Å². The molecule has 0 radical (unpaired) electrons. The van der Waals surface area contributed by atoms with Crippen LogP contribution in [-0.4, -0.2) is 42.6 Å². The molecular weight excluding hydrogens is 597 g/mol. The van der Waals surface area contributed by atoms with Crippen LogP contribution < -0.4 is 9.42 Å². The molecule has 42 heavy (non-hydrogen) atoms. The second kappa shape index (κ2) is 15.6. The van der Waals surface area contributed by atoms with Crippen LogP contribution in [0.5, 0.6) is 5.75 Å². The second-order valence-corrected chi connectivity index (χ2v) is 11.1. The van der Waals surface area contributed by atoms with Crippen molar-refractivity contribution in [2.24, 2.45) is 12.2 Å². The Hall–Kier alpha value is -3.58. The Morgan fingerprint density at radius 2 is 1.38 bits per heavy atom. The number of hydrogen-bond acceptors (Lipinski definition) is 7. The molecule has 0 amide bonds. The van der Waals surface area contributed by atoms with Gasteiger partial charge in [0.25, 0.3) is 0 Å². The van der Waals surface area contributed by atoms with E-state index in [0.717, 1.165) is 37.9 Å². The van der Waals surface area contributed by atoms with E-state index in [9.17, 15) is 34.8 Å². The van der Waals surface area contributed by atoms with Crippen LogP contribution >= 0.6 is 7.81 Å². The molecule has 0 aliphatic rings. The Balaban J connectivity index is 0.00000112. The molecule has 0 fully saturated rings. The van der Waals surface area contributed by atoms with Gasteiger partial charge in [0.1, 0.15) is 19.3 Å². The van der Waals surface area contributed by atoms with Crippen LogP contribution in [0.1, 0.15) is 77.8 Å². The topological polar surface area (TPSA) is 132 Å². The van der Waals surface area contributed by atoms with E-state index in [1.165, 1.54) is 58.1 Å². The number of ether oxygens (including phenoxy) is 3. The molecule has 1 aromatic heterocycles. The van der Waals surface area contributed by atoms with Crippen molar-refractivity contribution in [1.82, 2.24) is 9.90 Å². The Morgan fingerprint density at radius 1 is 0.905 bits per heavy atom. The summed E-state index contributed by atoms with van der Waals surface area (Å²) in [6.07, 6.45) is 11.0. The van der Waals surface area contributed by atoms with Crippen molar-refractivity contribution in [2.45, 2.75) is 64.5 Å². The maximum absolute atomic E-state index is 11.9. The molecule has 0 bridgehead atoms. The van der Waals surface area contributed by atoms with Gasteiger partial charge in [-0.1, -0.05) is 37.2 Å². The van der Waals surface area contributed by atoms with Crippen LogP contribution in [0.15, 0.2) is 29.5 Å². The summed E-state index contributed by atoms with van der Waals surface area (Å²) < 4.78 is 78.2. The van der Waals surface area contributed by atoms with Crippen LogP contribution in [0.4, 0.5) is 25.2 Å². The minimum atomic E-state index is -10.7. The quantitative estimate of drug-likeness (QED) is 0.0273. The number of esters is 2. The fourth-order valence-corrected chi connectivity index (χ4v) is 3.62. The number of nitrogens with zero attached hydrogens (tertiary/aromatic N) is 6. The zero-order chi connectivity index (χ0) is 31.9. The first kappa shape index (κ1) is 36.4. The number of unbranched alkanes of at least 4 members (excludes halogenated alkanes) is 7. The van der Waals surface area contributed by atoms with Crippen LogP contribution in [0.3, 0.4) is 0 Å². The molecule has 11 nitrogen and oxygen atoms in total. The standard InChI is InChI=1S/C24H35N6O5.F6P/c1-29-21(17-30(28-29)13-11-9-7-5-4-6-8-10-12-26-27-25)18-35-22-15-19(23(31)33-2)14-20(16-22)24(32)34-3;1-7(2,3,4,5)6/h14-17H,4-13,18H2,1-3H3;/q+1;-1. The number of benzene rings is 1. The van der Waals surface area contributed by atoms with Gasteiger partial charge in [0.15, 0.2) is 12.8 Å². The molecule has 238 valence electrons. The predicted molar refractivity (Wildman–Crippen MR) is 141 cm³/mol. The number of methoxy groups -OCH3 is 2. The Bertz CT molecular complexity index is 1190. The average Bonchev–Trinajstić information content (AvgIpc) is 3.26. The van der Waals surface area contributed by atoms with Crippen LogP contribution in [0.25, 0.3) is 10.4 Å². The molecule has 0 unspecified atom stereocenters. The number of carbonyl (C=O) groups excluding carboxylic acids is 2. The van der Waals surface area contributed by atoms with E-state index in [0.29, 0.717) is 12.3 Å². The third-order valence-electron chi connectivity index (χ3n) is 5.56. The maximum atomic E-state index is 11.9. The molecule has 1 aromatic carbocycles. The summed E-state index contributed by atoms with van der Waals surface area (Å²) in [6, 6.07) is 4.47. The van der Waals surface area contributed by atoms with E-state index in [4.69, 9.17) is 19.7 Å². The van der Waals surface area contributed by atoms with E-state index < -0.39 is 19.7 Å². The first-order valence-electron chi connectivity index (χ1n) is 12.9. The third-order valence-corrected chi connectivity index (χ3v) is 5.56. The molecule has 0 atom stereocenters. The molecule has 1 heterocycles. The number of azide groups is 1. The molecule has 0 aliphatic carbocycles. The zero-order valence-corrected chi connectivity index (χ0v) is 24.4. The van der Waals surface area contributed by atoms with Crippen molar-refractivity contribution >= 4 is 19.7 Å². The van der Waals surface area contributed by atoms with Gasteiger partial charge in [-0.2, -0.15) is 0 Å². The van der Waals surface area contributed by atoms with Crippen LogP contribution in [-0.2, 0) is 29.7 Å². The minimum absolute atomic E-state index is 0.207. The summed E-state index contributed by atoms with van der Waals surface area (Å²) >= 11 is 0. The molecule has 0 saturated heterocycles. The van der Waals surface area contributed by atoms with Gasteiger partial charge in [0.2, 0.25) is 5.69 Å². The fraction of sp³-hybridized carbons (Fsp3) is 0.583. The van der Waals surface area contributed by atoms with Crippen LogP contribution in [0.2, 0.25) is 0 Å². The van der Waals surface area contributed by atoms with Crippen molar-refractivity contribution < 1.29 is 53.7 Å². The number of halogens is 6. The number of hydrogen-bond donors (Lipinski definition) is 0. The van der Waals surface area contributed by atoms with Gasteiger partial charge in [-0.05, 0) is 43.0 Å². The van der Waals surface area contributed by atoms with Gasteiger partial charge >= 0.3 is 44.9 Å². The van der Waals surface area contributed by atoms with E-state index in [1.54, 1.807) is 4.68 Å². The summed E-state index contributed by atoms with van der Waals surface area (Å²) in [5.41, 5.74) is 9.52. The Labute approximate surface area is 238 Å². The van der Waals surface area contributed by atoms with Crippen molar-refractivity contribution in [1.29, 1.82) is 0 Å². The van der Waals surface area contributed by atoms with E-state index >= 15 is 0 Å². The molecule has 2 aromatic rings. The van der Waals surface area contributed by atoms with Crippen molar-refractivity contribution in [3.05, 3.63) is 51.7 Å². The average molecular weight is 633 g/mol. The Morgan fingerprint density at radius 3 is 1.86 bits per heavy atom. The van der Waals surface area contributed by atoms with Crippen LogP contribution in [0, 0.1) is 0 Å².